The molecule has 0 aromatic carbocycles. The van der Waals surface area contributed by atoms with Gasteiger partial charge in [0.15, 0.2) is 0 Å². The zero-order valence-electron chi connectivity index (χ0n) is 10.5. The summed E-state index contributed by atoms with van der Waals surface area (Å²) in [6.45, 7) is 7.44. The Morgan fingerprint density at radius 3 is 2.61 bits per heavy atom. The molecular weight excluding hydrogens is 231 g/mol. The van der Waals surface area contributed by atoms with Crippen molar-refractivity contribution < 1.29 is 4.39 Å². The average molecular weight is 250 g/mol. The molecule has 3 heterocycles. The van der Waals surface area contributed by atoms with Crippen molar-refractivity contribution in [3.63, 3.8) is 0 Å². The van der Waals surface area contributed by atoms with E-state index in [1.807, 2.05) is 0 Å². The van der Waals surface area contributed by atoms with Gasteiger partial charge in [-0.2, -0.15) is 0 Å². The molecule has 0 atom stereocenters. The number of piperazine rings is 1. The number of hydrogen-bond donors (Lipinski definition) is 1. The summed E-state index contributed by atoms with van der Waals surface area (Å²) in [6, 6.07) is 2.32. The van der Waals surface area contributed by atoms with Crippen molar-refractivity contribution >= 4 is 0 Å². The molecule has 1 aromatic rings. The maximum absolute atomic E-state index is 13.0. The van der Waals surface area contributed by atoms with E-state index in [1.165, 1.54) is 6.20 Å². The molecule has 1 N–H and O–H groups in total. The second kappa shape index (κ2) is 5.30. The first-order chi connectivity index (χ1) is 8.81. The molecule has 0 unspecified atom stereocenters. The third-order valence-corrected chi connectivity index (χ3v) is 3.85. The molecule has 0 aliphatic carbocycles. The van der Waals surface area contributed by atoms with Crippen LogP contribution in [0.5, 0.6) is 0 Å². The van der Waals surface area contributed by atoms with Gasteiger partial charge in [0.05, 0.1) is 6.20 Å². The first-order valence-corrected chi connectivity index (χ1v) is 6.58. The van der Waals surface area contributed by atoms with Crippen LogP contribution in [0, 0.1) is 5.82 Å². The van der Waals surface area contributed by atoms with Crippen molar-refractivity contribution in [3.05, 3.63) is 29.8 Å². The first-order valence-electron chi connectivity index (χ1n) is 6.58. The van der Waals surface area contributed by atoms with Crippen LogP contribution < -0.4 is 5.32 Å². The molecule has 98 valence electrons. The van der Waals surface area contributed by atoms with Gasteiger partial charge in [-0.1, -0.05) is 0 Å². The fourth-order valence-electron chi connectivity index (χ4n) is 2.62. The maximum atomic E-state index is 13.0. The third kappa shape index (κ3) is 2.68. The van der Waals surface area contributed by atoms with E-state index in [4.69, 9.17) is 0 Å². The van der Waals surface area contributed by atoms with Crippen LogP contribution in [0.4, 0.5) is 4.39 Å². The Labute approximate surface area is 107 Å². The van der Waals surface area contributed by atoms with Crippen molar-refractivity contribution in [2.24, 2.45) is 0 Å². The van der Waals surface area contributed by atoms with Crippen LogP contribution in [0.25, 0.3) is 0 Å². The lowest BCUT2D eigenvalue weighted by Gasteiger charge is -2.43. The van der Waals surface area contributed by atoms with Gasteiger partial charge in [-0.15, -0.1) is 0 Å². The van der Waals surface area contributed by atoms with Crippen LogP contribution in [0.3, 0.4) is 0 Å². The summed E-state index contributed by atoms with van der Waals surface area (Å²) < 4.78 is 13.0. The highest BCUT2D eigenvalue weighted by molar-refractivity contribution is 5.10. The molecule has 4 nitrogen and oxygen atoms in total. The fourth-order valence-corrected chi connectivity index (χ4v) is 2.62. The molecule has 5 heteroatoms. The zero-order valence-corrected chi connectivity index (χ0v) is 10.5. The average Bonchev–Trinajstić information content (AvgIpc) is 2.29. The molecule has 0 amide bonds. The highest BCUT2D eigenvalue weighted by Crippen LogP contribution is 2.12. The van der Waals surface area contributed by atoms with E-state index in [9.17, 15) is 4.39 Å². The molecule has 2 aliphatic heterocycles. The van der Waals surface area contributed by atoms with Crippen molar-refractivity contribution in [1.29, 1.82) is 0 Å². The summed E-state index contributed by atoms with van der Waals surface area (Å²) in [7, 11) is 0. The number of pyridine rings is 1. The second-order valence-corrected chi connectivity index (χ2v) is 5.14. The molecule has 0 saturated carbocycles. The Kier molecular flexibility index (Phi) is 3.54. The Balaban J connectivity index is 1.50. The lowest BCUT2D eigenvalue weighted by Crippen LogP contribution is -2.61. The molecule has 0 spiro atoms. The van der Waals surface area contributed by atoms with Crippen LogP contribution in [0.15, 0.2) is 18.5 Å². The SMILES string of the molecule is Fc1cncc(CN2CCN(C3CNC3)CC2)c1. The summed E-state index contributed by atoms with van der Waals surface area (Å²) in [5, 5.41) is 3.31. The first kappa shape index (κ1) is 12.0. The summed E-state index contributed by atoms with van der Waals surface area (Å²) in [5.74, 6) is -0.244. The van der Waals surface area contributed by atoms with Gasteiger partial charge < -0.3 is 5.32 Å². The Hall–Kier alpha value is -1.04. The quantitative estimate of drug-likeness (QED) is 0.836. The molecule has 3 rings (SSSR count). The number of rotatable bonds is 3. The van der Waals surface area contributed by atoms with E-state index in [-0.39, 0.29) is 5.82 Å². The number of aromatic nitrogens is 1. The molecule has 2 fully saturated rings. The summed E-state index contributed by atoms with van der Waals surface area (Å²) in [5.41, 5.74) is 0.966. The smallest absolute Gasteiger partial charge is 0.141 e. The normalized spacial score (nSPS) is 22.9. The molecule has 18 heavy (non-hydrogen) atoms. The van der Waals surface area contributed by atoms with Crippen LogP contribution in [0.1, 0.15) is 5.56 Å². The second-order valence-electron chi connectivity index (χ2n) is 5.14. The summed E-state index contributed by atoms with van der Waals surface area (Å²) >= 11 is 0. The van der Waals surface area contributed by atoms with Crippen molar-refractivity contribution in [3.8, 4) is 0 Å². The van der Waals surface area contributed by atoms with Gasteiger partial charge >= 0.3 is 0 Å². The van der Waals surface area contributed by atoms with E-state index < -0.39 is 0 Å². The minimum absolute atomic E-state index is 0.244. The number of nitrogens with one attached hydrogen (secondary N) is 1. The van der Waals surface area contributed by atoms with Crippen molar-refractivity contribution in [2.45, 2.75) is 12.6 Å². The van der Waals surface area contributed by atoms with Crippen LogP contribution in [0.2, 0.25) is 0 Å². The number of hydrogen-bond acceptors (Lipinski definition) is 4. The summed E-state index contributed by atoms with van der Waals surface area (Å²) in [4.78, 5) is 8.82. The van der Waals surface area contributed by atoms with Gasteiger partial charge in [0, 0.05) is 58.1 Å². The van der Waals surface area contributed by atoms with E-state index in [1.54, 1.807) is 12.3 Å². The van der Waals surface area contributed by atoms with Crippen molar-refractivity contribution in [1.82, 2.24) is 20.1 Å². The van der Waals surface area contributed by atoms with Gasteiger partial charge in [-0.3, -0.25) is 14.8 Å². The Morgan fingerprint density at radius 1 is 1.22 bits per heavy atom. The zero-order chi connectivity index (χ0) is 12.4. The van der Waals surface area contributed by atoms with Crippen LogP contribution in [-0.4, -0.2) is 60.1 Å². The number of nitrogens with zero attached hydrogens (tertiary/aromatic N) is 3. The fraction of sp³-hybridized carbons (Fsp3) is 0.615. The van der Waals surface area contributed by atoms with Gasteiger partial charge in [0.2, 0.25) is 0 Å². The molecule has 2 aliphatic rings. The predicted octanol–water partition coefficient (Wildman–Crippen LogP) is 0.310. The van der Waals surface area contributed by atoms with E-state index in [0.29, 0.717) is 0 Å². The minimum Gasteiger partial charge on any atom is -0.314 e. The lowest BCUT2D eigenvalue weighted by molar-refractivity contribution is 0.0695. The largest absolute Gasteiger partial charge is 0.314 e. The van der Waals surface area contributed by atoms with Crippen LogP contribution in [-0.2, 0) is 6.54 Å². The minimum atomic E-state index is -0.244. The highest BCUT2D eigenvalue weighted by Gasteiger charge is 2.27. The molecule has 2 saturated heterocycles. The maximum Gasteiger partial charge on any atom is 0.141 e. The molecule has 0 bridgehead atoms. The van der Waals surface area contributed by atoms with E-state index in [0.717, 1.165) is 57.4 Å². The number of halogens is 1. The predicted molar refractivity (Wildman–Crippen MR) is 67.7 cm³/mol. The van der Waals surface area contributed by atoms with E-state index >= 15 is 0 Å². The summed E-state index contributed by atoms with van der Waals surface area (Å²) in [6.07, 6.45) is 3.01. The third-order valence-electron chi connectivity index (χ3n) is 3.85. The topological polar surface area (TPSA) is 31.4 Å². The van der Waals surface area contributed by atoms with Crippen molar-refractivity contribution in [2.75, 3.05) is 39.3 Å². The molecular formula is C13H19FN4. The standard InChI is InChI=1S/C13H19FN4/c14-12-5-11(6-15-7-12)10-17-1-3-18(4-2-17)13-8-16-9-13/h5-7,13,16H,1-4,8-10H2. The van der Waals surface area contributed by atoms with Gasteiger partial charge in [-0.05, 0) is 11.6 Å². The monoisotopic (exact) mass is 250 g/mol. The van der Waals surface area contributed by atoms with Gasteiger partial charge in [0.1, 0.15) is 5.82 Å². The van der Waals surface area contributed by atoms with Gasteiger partial charge in [-0.25, -0.2) is 4.39 Å². The molecule has 0 radical (unpaired) electrons. The molecule has 1 aromatic heterocycles. The lowest BCUT2D eigenvalue weighted by atomic mass is 10.1. The Morgan fingerprint density at radius 2 is 2.00 bits per heavy atom. The van der Waals surface area contributed by atoms with E-state index in [2.05, 4.69) is 20.1 Å². The van der Waals surface area contributed by atoms with Crippen LogP contribution >= 0.6 is 0 Å². The highest BCUT2D eigenvalue weighted by atomic mass is 19.1. The Bertz CT molecular complexity index is 400. The van der Waals surface area contributed by atoms with Gasteiger partial charge in [0.25, 0.3) is 0 Å².